The molecule has 0 radical (unpaired) electrons. The number of nitrogens with zero attached hydrogens (tertiary/aromatic N) is 1. The summed E-state index contributed by atoms with van der Waals surface area (Å²) in [6.45, 7) is 5.52. The van der Waals surface area contributed by atoms with Crippen LogP contribution < -0.4 is 5.32 Å². The fourth-order valence-corrected chi connectivity index (χ4v) is 4.69. The molecule has 2 N–H and O–H groups in total. The van der Waals surface area contributed by atoms with Crippen LogP contribution in [0.4, 0.5) is 0 Å². The van der Waals surface area contributed by atoms with Gasteiger partial charge in [-0.15, -0.1) is 0 Å². The molecule has 1 aliphatic carbocycles. The molecule has 0 unspecified atom stereocenters. The van der Waals surface area contributed by atoms with E-state index in [1.54, 1.807) is 0 Å². The topological polar surface area (TPSA) is 54.3 Å². The lowest BCUT2D eigenvalue weighted by Crippen LogP contribution is -2.37. The standard InChI is InChI=1S/C25H30N2O2/c1-17-11-13-19(14-12-17)16-27-23-10-6-4-8-20(23)21(24(27)25(28)29)15-26-22-9-5-3-7-18(22)2/h4,6,8,10-14,18,22,26H,3,5,7,9,15-16H2,1-2H3,(H,28,29)/t18-,22+/m0/s1. The Hall–Kier alpha value is -2.59. The van der Waals surface area contributed by atoms with Crippen LogP contribution in [-0.4, -0.2) is 21.7 Å². The Balaban J connectivity index is 1.72. The van der Waals surface area contributed by atoms with Gasteiger partial charge < -0.3 is 15.0 Å². The molecule has 1 heterocycles. The van der Waals surface area contributed by atoms with Crippen molar-refractivity contribution in [2.24, 2.45) is 5.92 Å². The number of nitrogens with one attached hydrogen (secondary N) is 1. The van der Waals surface area contributed by atoms with Crippen LogP contribution in [0.5, 0.6) is 0 Å². The summed E-state index contributed by atoms with van der Waals surface area (Å²) >= 11 is 0. The van der Waals surface area contributed by atoms with Gasteiger partial charge in [0.2, 0.25) is 0 Å². The highest BCUT2D eigenvalue weighted by Crippen LogP contribution is 2.29. The van der Waals surface area contributed by atoms with Crippen LogP contribution in [-0.2, 0) is 13.1 Å². The van der Waals surface area contributed by atoms with Crippen molar-refractivity contribution in [1.29, 1.82) is 0 Å². The first-order chi connectivity index (χ1) is 14.0. The van der Waals surface area contributed by atoms with E-state index < -0.39 is 5.97 Å². The van der Waals surface area contributed by atoms with Gasteiger partial charge in [-0.3, -0.25) is 0 Å². The minimum absolute atomic E-state index is 0.405. The van der Waals surface area contributed by atoms with E-state index in [4.69, 9.17) is 0 Å². The number of rotatable bonds is 6. The summed E-state index contributed by atoms with van der Waals surface area (Å²) in [6, 6.07) is 16.8. The van der Waals surface area contributed by atoms with Crippen molar-refractivity contribution in [2.45, 2.75) is 58.7 Å². The minimum atomic E-state index is -0.859. The molecule has 1 saturated carbocycles. The van der Waals surface area contributed by atoms with Gasteiger partial charge in [0.05, 0.1) is 0 Å². The summed E-state index contributed by atoms with van der Waals surface area (Å²) < 4.78 is 1.96. The predicted molar refractivity (Wildman–Crippen MR) is 117 cm³/mol. The Kier molecular flexibility index (Phi) is 5.72. The molecule has 3 aromatic rings. The Morgan fingerprint density at radius 3 is 2.55 bits per heavy atom. The summed E-state index contributed by atoms with van der Waals surface area (Å²) in [5, 5.41) is 14.8. The molecule has 1 aliphatic rings. The maximum atomic E-state index is 12.3. The van der Waals surface area contributed by atoms with Crippen molar-refractivity contribution >= 4 is 16.9 Å². The van der Waals surface area contributed by atoms with E-state index in [1.807, 2.05) is 22.8 Å². The Morgan fingerprint density at radius 1 is 1.10 bits per heavy atom. The summed E-state index contributed by atoms with van der Waals surface area (Å²) in [7, 11) is 0. The number of carbonyl (C=O) groups is 1. The Labute approximate surface area is 172 Å². The molecule has 1 fully saturated rings. The zero-order valence-electron chi connectivity index (χ0n) is 17.3. The highest BCUT2D eigenvalue weighted by atomic mass is 16.4. The van der Waals surface area contributed by atoms with E-state index in [2.05, 4.69) is 49.5 Å². The molecule has 0 saturated heterocycles. The number of hydrogen-bond donors (Lipinski definition) is 2. The highest BCUT2D eigenvalue weighted by Gasteiger charge is 2.25. The fourth-order valence-electron chi connectivity index (χ4n) is 4.69. The van der Waals surface area contributed by atoms with Gasteiger partial charge in [-0.05, 0) is 37.3 Å². The van der Waals surface area contributed by atoms with Gasteiger partial charge in [0.15, 0.2) is 0 Å². The van der Waals surface area contributed by atoms with Gasteiger partial charge in [0.25, 0.3) is 0 Å². The molecule has 2 atom stereocenters. The molecule has 0 aliphatic heterocycles. The van der Waals surface area contributed by atoms with Crippen LogP contribution in [0, 0.1) is 12.8 Å². The maximum absolute atomic E-state index is 12.3. The Bertz CT molecular complexity index is 1000. The molecular weight excluding hydrogens is 360 g/mol. The van der Waals surface area contributed by atoms with Crippen LogP contribution in [0.25, 0.3) is 10.9 Å². The Morgan fingerprint density at radius 2 is 1.83 bits per heavy atom. The highest BCUT2D eigenvalue weighted by molar-refractivity contribution is 5.98. The number of aromatic carboxylic acids is 1. The second-order valence-corrected chi connectivity index (χ2v) is 8.47. The zero-order chi connectivity index (χ0) is 20.4. The van der Waals surface area contributed by atoms with E-state index in [0.717, 1.165) is 22.0 Å². The molecule has 0 bridgehead atoms. The minimum Gasteiger partial charge on any atom is -0.477 e. The van der Waals surface area contributed by atoms with Crippen molar-refractivity contribution in [3.05, 3.63) is 70.9 Å². The molecule has 4 nitrogen and oxygen atoms in total. The van der Waals surface area contributed by atoms with Gasteiger partial charge in [-0.25, -0.2) is 4.79 Å². The second kappa shape index (κ2) is 8.42. The molecule has 29 heavy (non-hydrogen) atoms. The molecular formula is C25H30N2O2. The third-order valence-electron chi connectivity index (χ3n) is 6.39. The van der Waals surface area contributed by atoms with Crippen LogP contribution in [0.1, 0.15) is 59.8 Å². The molecule has 2 aromatic carbocycles. The van der Waals surface area contributed by atoms with Crippen LogP contribution >= 0.6 is 0 Å². The largest absolute Gasteiger partial charge is 0.477 e. The van der Waals surface area contributed by atoms with Gasteiger partial charge in [-0.1, -0.05) is 67.8 Å². The number of carboxylic acids is 1. The smallest absolute Gasteiger partial charge is 0.352 e. The van der Waals surface area contributed by atoms with Crippen molar-refractivity contribution < 1.29 is 9.90 Å². The van der Waals surface area contributed by atoms with E-state index in [0.29, 0.717) is 30.7 Å². The summed E-state index contributed by atoms with van der Waals surface area (Å²) in [5.41, 5.74) is 4.61. The van der Waals surface area contributed by atoms with Crippen molar-refractivity contribution in [1.82, 2.24) is 9.88 Å². The molecule has 0 amide bonds. The van der Waals surface area contributed by atoms with Crippen molar-refractivity contribution in [2.75, 3.05) is 0 Å². The molecule has 152 valence electrons. The first-order valence-corrected chi connectivity index (χ1v) is 10.7. The summed E-state index contributed by atoms with van der Waals surface area (Å²) in [4.78, 5) is 12.3. The normalized spacial score (nSPS) is 19.5. The third kappa shape index (κ3) is 4.08. The van der Waals surface area contributed by atoms with Gasteiger partial charge in [0.1, 0.15) is 5.69 Å². The van der Waals surface area contributed by atoms with Crippen molar-refractivity contribution in [3.63, 3.8) is 0 Å². The molecule has 0 spiro atoms. The van der Waals surface area contributed by atoms with E-state index >= 15 is 0 Å². The number of aryl methyl sites for hydroxylation is 1. The fraction of sp³-hybridized carbons (Fsp3) is 0.400. The monoisotopic (exact) mass is 390 g/mol. The summed E-state index contributed by atoms with van der Waals surface area (Å²) in [5.74, 6) is -0.222. The van der Waals surface area contributed by atoms with E-state index in [1.165, 1.54) is 31.2 Å². The SMILES string of the molecule is Cc1ccc(Cn2c(C(=O)O)c(CN[C@@H]3CCCC[C@@H]3C)c3ccccc32)cc1. The predicted octanol–water partition coefficient (Wildman–Crippen LogP) is 5.36. The first kappa shape index (κ1) is 19.7. The maximum Gasteiger partial charge on any atom is 0.352 e. The van der Waals surface area contributed by atoms with E-state index in [-0.39, 0.29) is 0 Å². The van der Waals surface area contributed by atoms with Crippen LogP contribution in [0.2, 0.25) is 0 Å². The molecule has 4 heteroatoms. The van der Waals surface area contributed by atoms with Gasteiger partial charge >= 0.3 is 5.97 Å². The number of carboxylic acid groups (broad SMARTS) is 1. The number of aromatic nitrogens is 1. The number of benzene rings is 2. The third-order valence-corrected chi connectivity index (χ3v) is 6.39. The average Bonchev–Trinajstić information content (AvgIpc) is 3.03. The number of hydrogen-bond acceptors (Lipinski definition) is 2. The van der Waals surface area contributed by atoms with Gasteiger partial charge in [-0.2, -0.15) is 0 Å². The van der Waals surface area contributed by atoms with E-state index in [9.17, 15) is 9.90 Å². The summed E-state index contributed by atoms with van der Waals surface area (Å²) in [6.07, 6.45) is 4.97. The number of fused-ring (bicyclic) bond motifs is 1. The lowest BCUT2D eigenvalue weighted by Gasteiger charge is -2.29. The molecule has 4 rings (SSSR count). The first-order valence-electron chi connectivity index (χ1n) is 10.7. The average molecular weight is 391 g/mol. The number of para-hydroxylation sites is 1. The quantitative estimate of drug-likeness (QED) is 0.595. The lowest BCUT2D eigenvalue weighted by molar-refractivity contribution is 0.0684. The van der Waals surface area contributed by atoms with Crippen LogP contribution in [0.15, 0.2) is 48.5 Å². The lowest BCUT2D eigenvalue weighted by atomic mass is 9.86. The zero-order valence-corrected chi connectivity index (χ0v) is 17.3. The van der Waals surface area contributed by atoms with Crippen molar-refractivity contribution in [3.8, 4) is 0 Å². The van der Waals surface area contributed by atoms with Crippen LogP contribution in [0.3, 0.4) is 0 Å². The molecule has 1 aromatic heterocycles. The van der Waals surface area contributed by atoms with Gasteiger partial charge in [0, 0.05) is 35.6 Å². The second-order valence-electron chi connectivity index (χ2n) is 8.47.